The van der Waals surface area contributed by atoms with Crippen LogP contribution in [0.2, 0.25) is 0 Å². The van der Waals surface area contributed by atoms with Crippen molar-refractivity contribution in [3.8, 4) is 11.5 Å². The van der Waals surface area contributed by atoms with Crippen LogP contribution in [0.4, 0.5) is 0 Å². The Labute approximate surface area is 104 Å². The molecule has 0 aliphatic carbocycles. The maximum Gasteiger partial charge on any atom is 0.255 e. The van der Waals surface area contributed by atoms with Crippen molar-refractivity contribution in [2.75, 3.05) is 11.5 Å². The van der Waals surface area contributed by atoms with Crippen LogP contribution in [-0.4, -0.2) is 33.7 Å². The van der Waals surface area contributed by atoms with Crippen LogP contribution in [0.15, 0.2) is 18.2 Å². The first-order chi connectivity index (χ1) is 8.18. The molecule has 0 unspecified atom stereocenters. The smallest absolute Gasteiger partial charge is 0.255 e. The Morgan fingerprint density at radius 2 is 2.00 bits per heavy atom. The van der Waals surface area contributed by atoms with E-state index in [2.05, 4.69) is 5.32 Å². The Bertz CT molecular complexity index is 416. The lowest BCUT2D eigenvalue weighted by atomic mass is 10.1. The number of benzene rings is 1. The summed E-state index contributed by atoms with van der Waals surface area (Å²) in [5.41, 5.74) is 0.128. The number of aromatic hydroxyl groups is 2. The van der Waals surface area contributed by atoms with E-state index in [-0.39, 0.29) is 29.0 Å². The van der Waals surface area contributed by atoms with Crippen LogP contribution < -0.4 is 5.32 Å². The van der Waals surface area contributed by atoms with Gasteiger partial charge in [-0.15, -0.1) is 0 Å². The van der Waals surface area contributed by atoms with Crippen molar-refractivity contribution in [3.05, 3.63) is 23.8 Å². The van der Waals surface area contributed by atoms with E-state index in [1.54, 1.807) is 6.07 Å². The number of rotatable bonds is 2. The quantitative estimate of drug-likeness (QED) is 0.702. The monoisotopic (exact) mass is 253 g/mol. The number of amides is 1. The third kappa shape index (κ3) is 2.85. The van der Waals surface area contributed by atoms with Crippen LogP contribution in [0.1, 0.15) is 23.2 Å². The summed E-state index contributed by atoms with van der Waals surface area (Å²) in [5.74, 6) is 1.16. The first-order valence-electron chi connectivity index (χ1n) is 5.58. The fourth-order valence-electron chi connectivity index (χ4n) is 1.82. The van der Waals surface area contributed by atoms with Gasteiger partial charge in [-0.2, -0.15) is 11.8 Å². The molecule has 1 aromatic rings. The number of nitrogens with one attached hydrogen (secondary N) is 1. The molecule has 1 aliphatic heterocycles. The van der Waals surface area contributed by atoms with Gasteiger partial charge in [0.1, 0.15) is 0 Å². The Morgan fingerprint density at radius 1 is 1.29 bits per heavy atom. The molecule has 2 rings (SSSR count). The van der Waals surface area contributed by atoms with E-state index >= 15 is 0 Å². The Balaban J connectivity index is 2.06. The molecule has 0 atom stereocenters. The zero-order valence-electron chi connectivity index (χ0n) is 9.35. The molecule has 0 aromatic heterocycles. The summed E-state index contributed by atoms with van der Waals surface area (Å²) < 4.78 is 0. The number of thioether (sulfide) groups is 1. The van der Waals surface area contributed by atoms with Crippen LogP contribution in [0.3, 0.4) is 0 Å². The van der Waals surface area contributed by atoms with Crippen molar-refractivity contribution < 1.29 is 15.0 Å². The van der Waals surface area contributed by atoms with Gasteiger partial charge >= 0.3 is 0 Å². The summed E-state index contributed by atoms with van der Waals surface area (Å²) in [6.07, 6.45) is 1.91. The largest absolute Gasteiger partial charge is 0.504 e. The molecule has 92 valence electrons. The molecule has 17 heavy (non-hydrogen) atoms. The fraction of sp³-hybridized carbons (Fsp3) is 0.417. The van der Waals surface area contributed by atoms with E-state index in [9.17, 15) is 15.0 Å². The lowest BCUT2D eigenvalue weighted by Gasteiger charge is -2.22. The second-order valence-electron chi connectivity index (χ2n) is 4.03. The zero-order chi connectivity index (χ0) is 12.3. The minimum absolute atomic E-state index is 0.128. The van der Waals surface area contributed by atoms with E-state index in [4.69, 9.17) is 0 Å². The Hall–Kier alpha value is -1.36. The molecular formula is C12H15NO3S. The third-order valence-corrected chi connectivity index (χ3v) is 3.86. The standard InChI is InChI=1S/C12H15NO3S/c14-10-3-1-2-9(11(10)15)12(16)13-8-4-6-17-7-5-8/h1-3,8,14-15H,4-7H2,(H,13,16). The molecule has 0 bridgehead atoms. The van der Waals surface area contributed by atoms with E-state index in [1.807, 2.05) is 11.8 Å². The lowest BCUT2D eigenvalue weighted by Crippen LogP contribution is -2.37. The second kappa shape index (κ2) is 5.31. The first kappa shape index (κ1) is 12.1. The van der Waals surface area contributed by atoms with Gasteiger partial charge in [-0.3, -0.25) is 4.79 Å². The summed E-state index contributed by atoms with van der Waals surface area (Å²) in [5, 5.41) is 21.8. The zero-order valence-corrected chi connectivity index (χ0v) is 10.2. The van der Waals surface area contributed by atoms with Gasteiger partial charge in [-0.05, 0) is 36.5 Å². The molecule has 0 spiro atoms. The van der Waals surface area contributed by atoms with Gasteiger partial charge in [-0.25, -0.2) is 0 Å². The van der Waals surface area contributed by atoms with Crippen LogP contribution >= 0.6 is 11.8 Å². The second-order valence-corrected chi connectivity index (χ2v) is 5.26. The maximum absolute atomic E-state index is 11.9. The number of para-hydroxylation sites is 1. The minimum Gasteiger partial charge on any atom is -0.504 e. The molecule has 1 heterocycles. The normalized spacial score (nSPS) is 16.7. The van der Waals surface area contributed by atoms with Crippen molar-refractivity contribution in [2.24, 2.45) is 0 Å². The average molecular weight is 253 g/mol. The number of hydrogen-bond donors (Lipinski definition) is 3. The van der Waals surface area contributed by atoms with Gasteiger partial charge in [0.25, 0.3) is 5.91 Å². The number of carbonyl (C=O) groups is 1. The summed E-state index contributed by atoms with van der Waals surface area (Å²) in [6, 6.07) is 4.57. The highest BCUT2D eigenvalue weighted by molar-refractivity contribution is 7.99. The highest BCUT2D eigenvalue weighted by atomic mass is 32.2. The van der Waals surface area contributed by atoms with Crippen molar-refractivity contribution in [2.45, 2.75) is 18.9 Å². The summed E-state index contributed by atoms with van der Waals surface area (Å²) in [6.45, 7) is 0. The van der Waals surface area contributed by atoms with Gasteiger partial charge in [-0.1, -0.05) is 6.07 Å². The number of hydrogen-bond acceptors (Lipinski definition) is 4. The molecule has 5 heteroatoms. The van der Waals surface area contributed by atoms with Crippen LogP contribution in [-0.2, 0) is 0 Å². The molecule has 1 aliphatic rings. The summed E-state index contributed by atoms with van der Waals surface area (Å²) in [4.78, 5) is 11.9. The SMILES string of the molecule is O=C(NC1CCSCC1)c1cccc(O)c1O. The highest BCUT2D eigenvalue weighted by Gasteiger charge is 2.19. The van der Waals surface area contributed by atoms with Crippen LogP contribution in [0, 0.1) is 0 Å². The third-order valence-electron chi connectivity index (χ3n) is 2.82. The maximum atomic E-state index is 11.9. The lowest BCUT2D eigenvalue weighted by molar-refractivity contribution is 0.0931. The molecule has 1 amide bonds. The van der Waals surface area contributed by atoms with Crippen LogP contribution in [0.25, 0.3) is 0 Å². The van der Waals surface area contributed by atoms with E-state index in [1.165, 1.54) is 12.1 Å². The predicted molar refractivity (Wildman–Crippen MR) is 67.6 cm³/mol. The molecule has 1 aromatic carbocycles. The summed E-state index contributed by atoms with van der Waals surface area (Å²) in [7, 11) is 0. The molecule has 0 radical (unpaired) electrons. The molecule has 1 saturated heterocycles. The average Bonchev–Trinajstić information content (AvgIpc) is 2.34. The van der Waals surface area contributed by atoms with E-state index < -0.39 is 0 Å². The number of carbonyl (C=O) groups excluding carboxylic acids is 1. The topological polar surface area (TPSA) is 69.6 Å². The Kier molecular flexibility index (Phi) is 3.78. The van der Waals surface area contributed by atoms with Gasteiger partial charge < -0.3 is 15.5 Å². The van der Waals surface area contributed by atoms with Gasteiger partial charge in [0.05, 0.1) is 5.56 Å². The summed E-state index contributed by atoms with van der Waals surface area (Å²) >= 11 is 1.89. The number of phenols is 2. The van der Waals surface area contributed by atoms with E-state index in [0.717, 1.165) is 24.3 Å². The predicted octanol–water partition coefficient (Wildman–Crippen LogP) is 1.72. The minimum atomic E-state index is -0.352. The fourth-order valence-corrected chi connectivity index (χ4v) is 2.93. The molecule has 4 nitrogen and oxygen atoms in total. The van der Waals surface area contributed by atoms with Gasteiger partial charge in [0.15, 0.2) is 11.5 Å². The van der Waals surface area contributed by atoms with Crippen molar-refractivity contribution in [1.29, 1.82) is 0 Å². The van der Waals surface area contributed by atoms with Gasteiger partial charge in [0.2, 0.25) is 0 Å². The van der Waals surface area contributed by atoms with Crippen LogP contribution in [0.5, 0.6) is 11.5 Å². The number of phenolic OH excluding ortho intramolecular Hbond substituents is 2. The van der Waals surface area contributed by atoms with Crippen molar-refractivity contribution in [1.82, 2.24) is 5.32 Å². The van der Waals surface area contributed by atoms with Gasteiger partial charge in [0, 0.05) is 6.04 Å². The van der Waals surface area contributed by atoms with Crippen molar-refractivity contribution in [3.63, 3.8) is 0 Å². The molecular weight excluding hydrogens is 238 g/mol. The first-order valence-corrected chi connectivity index (χ1v) is 6.73. The molecule has 3 N–H and O–H groups in total. The molecule has 0 saturated carbocycles. The highest BCUT2D eigenvalue weighted by Crippen LogP contribution is 2.28. The molecule has 1 fully saturated rings. The van der Waals surface area contributed by atoms with E-state index in [0.29, 0.717) is 0 Å². The Morgan fingerprint density at radius 3 is 2.71 bits per heavy atom. The van der Waals surface area contributed by atoms with Crippen molar-refractivity contribution >= 4 is 17.7 Å².